The maximum Gasteiger partial charge on any atom is 0.134 e. The highest BCUT2D eigenvalue weighted by molar-refractivity contribution is 6.07. The molecule has 3 rings (SSSR count). The number of ketones is 1. The molecule has 0 radical (unpaired) electrons. The molecule has 0 fully saturated rings. The second-order valence-electron chi connectivity index (χ2n) is 4.43. The van der Waals surface area contributed by atoms with Crippen LogP contribution in [-0.4, -0.2) is 10.8 Å². The summed E-state index contributed by atoms with van der Waals surface area (Å²) in [5.74, 6) is 0.195. The number of nitrogens with one attached hydrogen (secondary N) is 1. The van der Waals surface area contributed by atoms with Crippen LogP contribution in [-0.2, 0) is 11.2 Å². The topological polar surface area (TPSA) is 32.9 Å². The van der Waals surface area contributed by atoms with Gasteiger partial charge in [0.05, 0.1) is 0 Å². The Morgan fingerprint density at radius 1 is 1.06 bits per heavy atom. The number of hydrogen-bond donors (Lipinski definition) is 1. The van der Waals surface area contributed by atoms with Crippen LogP contribution in [0.15, 0.2) is 42.5 Å². The van der Waals surface area contributed by atoms with Gasteiger partial charge in [-0.1, -0.05) is 30.3 Å². The molecule has 2 aromatic carbocycles. The number of aromatic nitrogens is 1. The first-order valence-electron chi connectivity index (χ1n) is 5.73. The molecule has 1 aromatic heterocycles. The SMILES string of the molecule is CC(=O)Cc1ccc2c(c1)[nH]c1ccccc12. The Bertz CT molecular complexity index is 709. The first-order chi connectivity index (χ1) is 8.24. The number of H-pyrrole nitrogens is 1. The predicted octanol–water partition coefficient (Wildman–Crippen LogP) is 3.45. The summed E-state index contributed by atoms with van der Waals surface area (Å²) in [6.45, 7) is 1.62. The van der Waals surface area contributed by atoms with Crippen molar-refractivity contribution in [2.45, 2.75) is 13.3 Å². The summed E-state index contributed by atoms with van der Waals surface area (Å²) in [7, 11) is 0. The minimum absolute atomic E-state index is 0.195. The molecular formula is C15H13NO. The van der Waals surface area contributed by atoms with Crippen LogP contribution in [0.1, 0.15) is 12.5 Å². The Hall–Kier alpha value is -2.09. The second kappa shape index (κ2) is 3.74. The van der Waals surface area contributed by atoms with Crippen molar-refractivity contribution >= 4 is 27.6 Å². The summed E-state index contributed by atoms with van der Waals surface area (Å²) >= 11 is 0. The zero-order valence-corrected chi connectivity index (χ0v) is 9.66. The summed E-state index contributed by atoms with van der Waals surface area (Å²) in [4.78, 5) is 14.5. The molecule has 17 heavy (non-hydrogen) atoms. The van der Waals surface area contributed by atoms with Gasteiger partial charge in [-0.05, 0) is 24.6 Å². The average Bonchev–Trinajstić information content (AvgIpc) is 2.65. The molecule has 3 aromatic rings. The highest BCUT2D eigenvalue weighted by atomic mass is 16.1. The molecule has 84 valence electrons. The van der Waals surface area contributed by atoms with E-state index in [-0.39, 0.29) is 5.78 Å². The van der Waals surface area contributed by atoms with Gasteiger partial charge in [-0.15, -0.1) is 0 Å². The molecule has 1 heterocycles. The van der Waals surface area contributed by atoms with Crippen LogP contribution in [0.5, 0.6) is 0 Å². The van der Waals surface area contributed by atoms with Crippen LogP contribution in [0, 0.1) is 0 Å². The molecule has 0 bridgehead atoms. The van der Waals surface area contributed by atoms with Gasteiger partial charge in [-0.3, -0.25) is 4.79 Å². The predicted molar refractivity (Wildman–Crippen MR) is 70.2 cm³/mol. The zero-order chi connectivity index (χ0) is 11.8. The number of para-hydroxylation sites is 1. The molecule has 1 N–H and O–H groups in total. The third-order valence-electron chi connectivity index (χ3n) is 3.02. The van der Waals surface area contributed by atoms with Crippen LogP contribution in [0.2, 0.25) is 0 Å². The molecule has 0 aliphatic carbocycles. The van der Waals surface area contributed by atoms with Gasteiger partial charge in [-0.2, -0.15) is 0 Å². The zero-order valence-electron chi connectivity index (χ0n) is 9.66. The quantitative estimate of drug-likeness (QED) is 0.709. The van der Waals surface area contributed by atoms with Crippen molar-refractivity contribution in [3.8, 4) is 0 Å². The van der Waals surface area contributed by atoms with Crippen LogP contribution in [0.3, 0.4) is 0 Å². The van der Waals surface area contributed by atoms with Crippen molar-refractivity contribution < 1.29 is 4.79 Å². The maximum absolute atomic E-state index is 11.1. The number of hydrogen-bond acceptors (Lipinski definition) is 1. The van der Waals surface area contributed by atoms with E-state index in [0.29, 0.717) is 6.42 Å². The molecule has 0 saturated carbocycles. The number of rotatable bonds is 2. The van der Waals surface area contributed by atoms with Crippen molar-refractivity contribution in [1.29, 1.82) is 0 Å². The normalized spacial score (nSPS) is 11.1. The van der Waals surface area contributed by atoms with Crippen LogP contribution in [0.25, 0.3) is 21.8 Å². The van der Waals surface area contributed by atoms with Crippen molar-refractivity contribution in [2.24, 2.45) is 0 Å². The lowest BCUT2D eigenvalue weighted by Crippen LogP contribution is -1.95. The molecule has 0 unspecified atom stereocenters. The van der Waals surface area contributed by atoms with E-state index in [1.165, 1.54) is 10.8 Å². The third-order valence-corrected chi connectivity index (χ3v) is 3.02. The Labute approximate surface area is 99.3 Å². The molecule has 0 amide bonds. The molecule has 0 aliphatic heterocycles. The number of Topliss-reactive ketones (excluding diaryl/α,β-unsaturated/α-hetero) is 1. The van der Waals surface area contributed by atoms with Crippen LogP contribution < -0.4 is 0 Å². The fraction of sp³-hybridized carbons (Fsp3) is 0.133. The molecular weight excluding hydrogens is 210 g/mol. The first kappa shape index (κ1) is 10.1. The van der Waals surface area contributed by atoms with Gasteiger partial charge in [0.2, 0.25) is 0 Å². The van der Waals surface area contributed by atoms with Gasteiger partial charge in [0.25, 0.3) is 0 Å². The Morgan fingerprint density at radius 3 is 2.65 bits per heavy atom. The van der Waals surface area contributed by atoms with E-state index in [1.54, 1.807) is 6.92 Å². The summed E-state index contributed by atoms with van der Waals surface area (Å²) in [6.07, 6.45) is 0.505. The van der Waals surface area contributed by atoms with Gasteiger partial charge < -0.3 is 4.98 Å². The van der Waals surface area contributed by atoms with E-state index in [1.807, 2.05) is 18.2 Å². The number of benzene rings is 2. The first-order valence-corrected chi connectivity index (χ1v) is 5.73. The van der Waals surface area contributed by atoms with Crippen molar-refractivity contribution in [3.05, 3.63) is 48.0 Å². The highest BCUT2D eigenvalue weighted by Gasteiger charge is 2.05. The molecule has 0 atom stereocenters. The van der Waals surface area contributed by atoms with Gasteiger partial charge in [-0.25, -0.2) is 0 Å². The smallest absolute Gasteiger partial charge is 0.134 e. The monoisotopic (exact) mass is 223 g/mol. The van der Waals surface area contributed by atoms with E-state index in [2.05, 4.69) is 29.2 Å². The molecule has 0 saturated heterocycles. The molecule has 0 aliphatic rings. The lowest BCUT2D eigenvalue weighted by atomic mass is 10.1. The number of aromatic amines is 1. The van der Waals surface area contributed by atoms with Crippen molar-refractivity contribution in [3.63, 3.8) is 0 Å². The minimum atomic E-state index is 0.195. The van der Waals surface area contributed by atoms with E-state index >= 15 is 0 Å². The summed E-state index contributed by atoms with van der Waals surface area (Å²) in [6, 6.07) is 14.4. The Balaban J connectivity index is 2.23. The lowest BCUT2D eigenvalue weighted by molar-refractivity contribution is -0.116. The third kappa shape index (κ3) is 1.72. The van der Waals surface area contributed by atoms with Gasteiger partial charge in [0.1, 0.15) is 5.78 Å². The van der Waals surface area contributed by atoms with Crippen LogP contribution >= 0.6 is 0 Å². The number of carbonyl (C=O) groups is 1. The summed E-state index contributed by atoms with van der Waals surface area (Å²) < 4.78 is 0. The van der Waals surface area contributed by atoms with Crippen molar-refractivity contribution in [2.75, 3.05) is 0 Å². The van der Waals surface area contributed by atoms with Crippen molar-refractivity contribution in [1.82, 2.24) is 4.98 Å². The fourth-order valence-electron chi connectivity index (χ4n) is 2.30. The second-order valence-corrected chi connectivity index (χ2v) is 4.43. The Morgan fingerprint density at radius 2 is 1.82 bits per heavy atom. The minimum Gasteiger partial charge on any atom is -0.355 e. The van der Waals surface area contributed by atoms with E-state index < -0.39 is 0 Å². The largest absolute Gasteiger partial charge is 0.355 e. The maximum atomic E-state index is 11.1. The highest BCUT2D eigenvalue weighted by Crippen LogP contribution is 2.25. The standard InChI is InChI=1S/C15H13NO/c1-10(17)8-11-6-7-13-12-4-2-3-5-14(12)16-15(13)9-11/h2-7,9,16H,8H2,1H3. The van der Waals surface area contributed by atoms with Crippen LogP contribution in [0.4, 0.5) is 0 Å². The van der Waals surface area contributed by atoms with Gasteiger partial charge in [0, 0.05) is 28.2 Å². The van der Waals surface area contributed by atoms with Gasteiger partial charge >= 0.3 is 0 Å². The molecule has 2 nitrogen and oxygen atoms in total. The number of fused-ring (bicyclic) bond motifs is 3. The van der Waals surface area contributed by atoms with E-state index in [9.17, 15) is 4.79 Å². The van der Waals surface area contributed by atoms with Gasteiger partial charge in [0.15, 0.2) is 0 Å². The van der Waals surface area contributed by atoms with E-state index in [4.69, 9.17) is 0 Å². The van der Waals surface area contributed by atoms with E-state index in [0.717, 1.165) is 16.6 Å². The Kier molecular flexibility index (Phi) is 2.22. The fourth-order valence-corrected chi connectivity index (χ4v) is 2.30. The summed E-state index contributed by atoms with van der Waals surface area (Å²) in [5.41, 5.74) is 3.31. The molecule has 0 spiro atoms. The average molecular weight is 223 g/mol. The molecule has 2 heteroatoms. The lowest BCUT2D eigenvalue weighted by Gasteiger charge is -1.97. The summed E-state index contributed by atoms with van der Waals surface area (Å²) in [5, 5.41) is 2.45. The number of carbonyl (C=O) groups excluding carboxylic acids is 1.